The highest BCUT2D eigenvalue weighted by Crippen LogP contribution is 2.40. The molecule has 2 aliphatic rings. The van der Waals surface area contributed by atoms with Crippen molar-refractivity contribution in [2.45, 2.75) is 83.5 Å². The van der Waals surface area contributed by atoms with Crippen molar-refractivity contribution >= 4 is 11.6 Å². The van der Waals surface area contributed by atoms with Gasteiger partial charge in [-0.15, -0.1) is 0 Å². The lowest BCUT2D eigenvalue weighted by atomic mass is 9.74. The van der Waals surface area contributed by atoms with Gasteiger partial charge in [0.05, 0.1) is 5.02 Å². The number of halogens is 2. The van der Waals surface area contributed by atoms with Crippen LogP contribution in [0.2, 0.25) is 5.02 Å². The number of hydrogen-bond acceptors (Lipinski definition) is 0. The van der Waals surface area contributed by atoms with E-state index in [4.69, 9.17) is 11.6 Å². The molecule has 0 heterocycles. The molecule has 0 bridgehead atoms. The van der Waals surface area contributed by atoms with Gasteiger partial charge < -0.3 is 0 Å². The molecule has 2 fully saturated rings. The smallest absolute Gasteiger partial charge is 0.142 e. The highest BCUT2D eigenvalue weighted by atomic mass is 35.5. The fourth-order valence-corrected chi connectivity index (χ4v) is 5.22. The van der Waals surface area contributed by atoms with Crippen LogP contribution in [0.5, 0.6) is 0 Å². The molecular formula is C24H34ClF. The maximum atomic E-state index is 13.7. The highest BCUT2D eigenvalue weighted by Gasteiger charge is 2.25. The van der Waals surface area contributed by atoms with Crippen LogP contribution in [0.25, 0.3) is 0 Å². The van der Waals surface area contributed by atoms with Gasteiger partial charge in [0.25, 0.3) is 0 Å². The summed E-state index contributed by atoms with van der Waals surface area (Å²) in [5, 5.41) is 0.239. The third-order valence-corrected chi connectivity index (χ3v) is 7.22. The quantitative estimate of drug-likeness (QED) is 0.438. The molecule has 144 valence electrons. The molecule has 0 aromatic heterocycles. The van der Waals surface area contributed by atoms with Gasteiger partial charge >= 0.3 is 0 Å². The molecule has 1 aromatic rings. The normalized spacial score (nSPS) is 30.0. The molecule has 2 aliphatic carbocycles. The molecule has 0 saturated heterocycles. The van der Waals surface area contributed by atoms with E-state index >= 15 is 0 Å². The Kier molecular flexibility index (Phi) is 7.61. The molecule has 0 unspecified atom stereocenters. The van der Waals surface area contributed by atoms with E-state index < -0.39 is 0 Å². The predicted octanol–water partition coefficient (Wildman–Crippen LogP) is 8.31. The third kappa shape index (κ3) is 5.59. The van der Waals surface area contributed by atoms with Crippen LogP contribution in [0.4, 0.5) is 4.39 Å². The van der Waals surface area contributed by atoms with E-state index in [9.17, 15) is 4.39 Å². The van der Waals surface area contributed by atoms with Gasteiger partial charge in [-0.25, -0.2) is 4.39 Å². The first-order valence-electron chi connectivity index (χ1n) is 10.7. The fourth-order valence-electron chi connectivity index (χ4n) is 5.11. The van der Waals surface area contributed by atoms with E-state index in [-0.39, 0.29) is 10.8 Å². The Labute approximate surface area is 164 Å². The number of benzene rings is 1. The lowest BCUT2D eigenvalue weighted by Crippen LogP contribution is -2.17. The average Bonchev–Trinajstić information content (AvgIpc) is 2.68. The lowest BCUT2D eigenvalue weighted by Gasteiger charge is -2.32. The second kappa shape index (κ2) is 9.93. The van der Waals surface area contributed by atoms with Crippen LogP contribution in [0, 0.1) is 23.6 Å². The van der Waals surface area contributed by atoms with E-state index in [1.165, 1.54) is 70.6 Å². The summed E-state index contributed by atoms with van der Waals surface area (Å²) in [6.45, 7) is 2.13. The maximum Gasteiger partial charge on any atom is 0.142 e. The van der Waals surface area contributed by atoms with Crippen molar-refractivity contribution in [2.24, 2.45) is 17.8 Å². The number of rotatable bonds is 6. The van der Waals surface area contributed by atoms with Gasteiger partial charge in [-0.1, -0.05) is 55.5 Å². The van der Waals surface area contributed by atoms with Crippen LogP contribution in [0.1, 0.15) is 89.0 Å². The molecule has 0 amide bonds. The Morgan fingerprint density at radius 1 is 0.923 bits per heavy atom. The number of allylic oxidation sites excluding steroid dienone is 2. The zero-order valence-electron chi connectivity index (χ0n) is 16.2. The second-order valence-corrected chi connectivity index (χ2v) is 9.07. The molecule has 2 heteroatoms. The maximum absolute atomic E-state index is 13.7. The Morgan fingerprint density at radius 3 is 2.08 bits per heavy atom. The van der Waals surface area contributed by atoms with Crippen LogP contribution >= 0.6 is 11.6 Å². The molecule has 3 rings (SSSR count). The van der Waals surface area contributed by atoms with Gasteiger partial charge in [-0.2, -0.15) is 0 Å². The molecule has 2 saturated carbocycles. The summed E-state index contributed by atoms with van der Waals surface area (Å²) in [4.78, 5) is 0. The topological polar surface area (TPSA) is 0 Å². The van der Waals surface area contributed by atoms with Crippen molar-refractivity contribution in [1.29, 1.82) is 0 Å². The molecule has 0 nitrogen and oxygen atoms in total. The van der Waals surface area contributed by atoms with Crippen molar-refractivity contribution in [1.82, 2.24) is 0 Å². The highest BCUT2D eigenvalue weighted by molar-refractivity contribution is 6.30. The van der Waals surface area contributed by atoms with Gasteiger partial charge in [-0.05, 0) is 93.2 Å². The van der Waals surface area contributed by atoms with Gasteiger partial charge in [0, 0.05) is 0 Å². The zero-order chi connectivity index (χ0) is 18.4. The monoisotopic (exact) mass is 376 g/mol. The Bertz CT molecular complexity index is 578. The summed E-state index contributed by atoms with van der Waals surface area (Å²) in [6, 6.07) is 5.38. The van der Waals surface area contributed by atoms with Gasteiger partial charge in [-0.3, -0.25) is 0 Å². The van der Waals surface area contributed by atoms with E-state index in [1.807, 2.05) is 6.07 Å². The minimum Gasteiger partial charge on any atom is -0.205 e. The minimum absolute atomic E-state index is 0.239. The Morgan fingerprint density at radius 2 is 1.50 bits per heavy atom. The van der Waals surface area contributed by atoms with Crippen LogP contribution in [0.15, 0.2) is 30.4 Å². The SMILES string of the molecule is CC=CCC1CCC(CCC2CCC(c3ccc(Cl)c(F)c3)CC2)CC1. The zero-order valence-corrected chi connectivity index (χ0v) is 17.0. The minimum atomic E-state index is -0.267. The predicted molar refractivity (Wildman–Crippen MR) is 110 cm³/mol. The molecule has 0 atom stereocenters. The molecular weight excluding hydrogens is 343 g/mol. The number of hydrogen-bond donors (Lipinski definition) is 0. The average molecular weight is 377 g/mol. The molecule has 0 aliphatic heterocycles. The summed E-state index contributed by atoms with van der Waals surface area (Å²) in [6.07, 6.45) is 19.5. The molecule has 0 N–H and O–H groups in total. The van der Waals surface area contributed by atoms with Gasteiger partial charge in [0.15, 0.2) is 0 Å². The van der Waals surface area contributed by atoms with E-state index in [2.05, 4.69) is 19.1 Å². The summed E-state index contributed by atoms with van der Waals surface area (Å²) >= 11 is 5.81. The molecule has 0 radical (unpaired) electrons. The standard InChI is InChI=1S/C24H34ClF/c1-2-3-4-18-5-7-19(8-6-18)9-10-20-11-13-21(14-12-20)22-15-16-23(25)24(26)17-22/h2-3,15-21H,4-14H2,1H3. The van der Waals surface area contributed by atoms with Crippen molar-refractivity contribution < 1.29 is 4.39 Å². The van der Waals surface area contributed by atoms with Crippen LogP contribution in [-0.4, -0.2) is 0 Å². The van der Waals surface area contributed by atoms with Crippen molar-refractivity contribution in [3.05, 3.63) is 46.8 Å². The summed E-state index contributed by atoms with van der Waals surface area (Å²) in [5.74, 6) is 3.07. The Balaban J connectivity index is 1.36. The van der Waals surface area contributed by atoms with Crippen molar-refractivity contribution in [3.63, 3.8) is 0 Å². The first-order valence-corrected chi connectivity index (χ1v) is 11.1. The first kappa shape index (κ1) is 19.9. The first-order chi connectivity index (χ1) is 12.7. The third-order valence-electron chi connectivity index (χ3n) is 6.92. The molecule has 1 aromatic carbocycles. The van der Waals surface area contributed by atoms with Gasteiger partial charge in [0.2, 0.25) is 0 Å². The molecule has 26 heavy (non-hydrogen) atoms. The Hall–Kier alpha value is -0.820. The van der Waals surface area contributed by atoms with Crippen molar-refractivity contribution in [3.8, 4) is 0 Å². The summed E-state index contributed by atoms with van der Waals surface area (Å²) in [7, 11) is 0. The van der Waals surface area contributed by atoms with Crippen LogP contribution in [0.3, 0.4) is 0 Å². The van der Waals surface area contributed by atoms with E-state index in [0.29, 0.717) is 5.92 Å². The summed E-state index contributed by atoms with van der Waals surface area (Å²) < 4.78 is 13.7. The fraction of sp³-hybridized carbons (Fsp3) is 0.667. The van der Waals surface area contributed by atoms with Crippen molar-refractivity contribution in [2.75, 3.05) is 0 Å². The summed E-state index contributed by atoms with van der Waals surface area (Å²) in [5.41, 5.74) is 1.14. The van der Waals surface area contributed by atoms with E-state index in [0.717, 1.165) is 23.3 Å². The van der Waals surface area contributed by atoms with E-state index in [1.54, 1.807) is 12.1 Å². The molecule has 0 spiro atoms. The second-order valence-electron chi connectivity index (χ2n) is 8.66. The van der Waals surface area contributed by atoms with Gasteiger partial charge in [0.1, 0.15) is 5.82 Å². The lowest BCUT2D eigenvalue weighted by molar-refractivity contribution is 0.231. The van der Waals surface area contributed by atoms with Crippen LogP contribution in [-0.2, 0) is 0 Å². The van der Waals surface area contributed by atoms with Crippen LogP contribution < -0.4 is 0 Å². The largest absolute Gasteiger partial charge is 0.205 e.